The van der Waals surface area contributed by atoms with Crippen LogP contribution >= 0.6 is 0 Å². The Balaban J connectivity index is 2.20. The lowest BCUT2D eigenvalue weighted by atomic mass is 9.80. The van der Waals surface area contributed by atoms with Gasteiger partial charge < -0.3 is 10.3 Å². The Hall–Kier alpha value is -1.77. The topological polar surface area (TPSA) is 52.0 Å². The van der Waals surface area contributed by atoms with Gasteiger partial charge in [-0.25, -0.2) is 0 Å². The predicted molar refractivity (Wildman–Crippen MR) is 66.9 cm³/mol. The predicted octanol–water partition coefficient (Wildman–Crippen LogP) is 2.82. The molecule has 17 heavy (non-hydrogen) atoms. The van der Waals surface area contributed by atoms with Gasteiger partial charge in [-0.2, -0.15) is 0 Å². The van der Waals surface area contributed by atoms with E-state index in [2.05, 4.69) is 37.2 Å². The maximum Gasteiger partial charge on any atom is 0.147 e. The number of hydrogen-bond donors (Lipinski definition) is 1. The van der Waals surface area contributed by atoms with Crippen LogP contribution in [0.15, 0.2) is 29.0 Å². The van der Waals surface area contributed by atoms with Gasteiger partial charge in [-0.1, -0.05) is 28.9 Å². The van der Waals surface area contributed by atoms with Crippen molar-refractivity contribution in [2.45, 2.75) is 32.1 Å². The van der Waals surface area contributed by atoms with Crippen molar-refractivity contribution in [1.29, 1.82) is 0 Å². The highest BCUT2D eigenvalue weighted by atomic mass is 16.5. The molecule has 0 bridgehead atoms. The van der Waals surface area contributed by atoms with E-state index in [1.54, 1.807) is 0 Å². The molecule has 1 aliphatic rings. The molecule has 1 aromatic carbocycles. The normalized spacial score (nSPS) is 22.7. The minimum atomic E-state index is -0.0988. The van der Waals surface area contributed by atoms with Gasteiger partial charge in [-0.15, -0.1) is 0 Å². The molecule has 3 rings (SSSR count). The lowest BCUT2D eigenvalue weighted by Gasteiger charge is -2.23. The van der Waals surface area contributed by atoms with E-state index in [0.717, 1.165) is 18.5 Å². The second-order valence-corrected chi connectivity index (χ2v) is 5.11. The van der Waals surface area contributed by atoms with Crippen LogP contribution < -0.4 is 5.73 Å². The third-order valence-corrected chi connectivity index (χ3v) is 3.87. The van der Waals surface area contributed by atoms with Crippen molar-refractivity contribution in [2.24, 2.45) is 0 Å². The molecular formula is C14H16N2O. The van der Waals surface area contributed by atoms with Gasteiger partial charge in [-0.3, -0.25) is 0 Å². The molecule has 0 amide bonds. The minimum Gasteiger partial charge on any atom is -0.395 e. The molecule has 88 valence electrons. The molecule has 2 N–H and O–H groups in total. The van der Waals surface area contributed by atoms with Gasteiger partial charge in [0.05, 0.1) is 5.69 Å². The molecule has 0 fully saturated rings. The van der Waals surface area contributed by atoms with Crippen LogP contribution in [0.5, 0.6) is 0 Å². The van der Waals surface area contributed by atoms with Crippen molar-refractivity contribution < 1.29 is 4.52 Å². The van der Waals surface area contributed by atoms with Crippen LogP contribution in [0.2, 0.25) is 0 Å². The summed E-state index contributed by atoms with van der Waals surface area (Å²) in [6.45, 7) is 4.32. The van der Waals surface area contributed by atoms with E-state index in [4.69, 9.17) is 10.3 Å². The van der Waals surface area contributed by atoms with Crippen LogP contribution in [0.25, 0.3) is 0 Å². The van der Waals surface area contributed by atoms with Crippen molar-refractivity contribution in [3.05, 3.63) is 46.8 Å². The molecular weight excluding hydrogens is 212 g/mol. The maximum atomic E-state index is 5.94. The summed E-state index contributed by atoms with van der Waals surface area (Å²) < 4.78 is 4.99. The third kappa shape index (κ3) is 1.38. The summed E-state index contributed by atoms with van der Waals surface area (Å²) in [5.41, 5.74) is 11.4. The minimum absolute atomic E-state index is 0.0988. The molecule has 1 atom stereocenters. The number of rotatable bonds is 1. The molecule has 3 nitrogen and oxygen atoms in total. The third-order valence-electron chi connectivity index (χ3n) is 3.87. The number of anilines is 1. The fourth-order valence-electron chi connectivity index (χ4n) is 2.85. The second kappa shape index (κ2) is 3.36. The van der Waals surface area contributed by atoms with Crippen LogP contribution in [-0.4, -0.2) is 5.16 Å². The smallest absolute Gasteiger partial charge is 0.147 e. The van der Waals surface area contributed by atoms with Crippen molar-refractivity contribution in [3.8, 4) is 0 Å². The number of benzene rings is 1. The quantitative estimate of drug-likeness (QED) is 0.816. The Morgan fingerprint density at radius 2 is 2.24 bits per heavy atom. The van der Waals surface area contributed by atoms with E-state index < -0.39 is 0 Å². The van der Waals surface area contributed by atoms with Gasteiger partial charge in [0, 0.05) is 5.41 Å². The number of hydrogen-bond acceptors (Lipinski definition) is 3. The number of aromatic nitrogens is 1. The highest BCUT2D eigenvalue weighted by Crippen LogP contribution is 2.45. The van der Waals surface area contributed by atoms with Gasteiger partial charge in [-0.05, 0) is 37.8 Å². The Morgan fingerprint density at radius 3 is 2.94 bits per heavy atom. The van der Waals surface area contributed by atoms with Gasteiger partial charge in [0.2, 0.25) is 0 Å². The summed E-state index contributed by atoms with van der Waals surface area (Å²) >= 11 is 0. The van der Waals surface area contributed by atoms with E-state index in [9.17, 15) is 0 Å². The number of nitrogens with zero attached hydrogens (tertiary/aromatic N) is 1. The Kier molecular flexibility index (Phi) is 2.05. The lowest BCUT2D eigenvalue weighted by Crippen LogP contribution is -2.22. The van der Waals surface area contributed by atoms with E-state index in [1.807, 2.05) is 0 Å². The SMILES string of the molecule is Cc1ccc2c(c1)C(C)(c1nocc1N)CC2. The molecule has 0 spiro atoms. The standard InChI is InChI=1S/C14H16N2O/c1-9-3-4-10-5-6-14(2,11(10)7-9)13-12(15)8-17-16-13/h3-4,7-8H,5-6,15H2,1-2H3. The molecule has 0 saturated carbocycles. The highest BCUT2D eigenvalue weighted by molar-refractivity contribution is 5.54. The van der Waals surface area contributed by atoms with E-state index in [0.29, 0.717) is 5.69 Å². The van der Waals surface area contributed by atoms with Gasteiger partial charge in [0.1, 0.15) is 12.0 Å². The molecule has 1 aromatic heterocycles. The fraction of sp³-hybridized carbons (Fsp3) is 0.357. The zero-order valence-electron chi connectivity index (χ0n) is 10.2. The first-order chi connectivity index (χ1) is 8.11. The Labute approximate surface area is 101 Å². The van der Waals surface area contributed by atoms with Crippen molar-refractivity contribution >= 4 is 5.69 Å². The van der Waals surface area contributed by atoms with E-state index in [-0.39, 0.29) is 5.41 Å². The van der Waals surface area contributed by atoms with Gasteiger partial charge >= 0.3 is 0 Å². The molecule has 2 aromatic rings. The number of aryl methyl sites for hydroxylation is 2. The van der Waals surface area contributed by atoms with Crippen LogP contribution in [0.3, 0.4) is 0 Å². The van der Waals surface area contributed by atoms with Crippen molar-refractivity contribution in [2.75, 3.05) is 5.73 Å². The first-order valence-electron chi connectivity index (χ1n) is 5.91. The second-order valence-electron chi connectivity index (χ2n) is 5.11. The van der Waals surface area contributed by atoms with Crippen LogP contribution in [0.1, 0.15) is 35.7 Å². The monoisotopic (exact) mass is 228 g/mol. The highest BCUT2D eigenvalue weighted by Gasteiger charge is 2.39. The Bertz CT molecular complexity index is 573. The zero-order chi connectivity index (χ0) is 12.0. The summed E-state index contributed by atoms with van der Waals surface area (Å²) in [5.74, 6) is 0. The molecule has 1 aliphatic carbocycles. The molecule has 0 saturated heterocycles. The lowest BCUT2D eigenvalue weighted by molar-refractivity contribution is 0.392. The number of fused-ring (bicyclic) bond motifs is 1. The molecule has 0 aliphatic heterocycles. The average molecular weight is 228 g/mol. The van der Waals surface area contributed by atoms with Crippen LogP contribution in [0, 0.1) is 6.92 Å². The first kappa shape index (κ1) is 10.4. The van der Waals surface area contributed by atoms with E-state index in [1.165, 1.54) is 23.0 Å². The first-order valence-corrected chi connectivity index (χ1v) is 5.91. The number of nitrogens with two attached hydrogens (primary N) is 1. The molecule has 0 radical (unpaired) electrons. The van der Waals surface area contributed by atoms with Gasteiger partial charge in [0.15, 0.2) is 0 Å². The summed E-state index contributed by atoms with van der Waals surface area (Å²) in [7, 11) is 0. The summed E-state index contributed by atoms with van der Waals surface area (Å²) in [4.78, 5) is 0. The summed E-state index contributed by atoms with van der Waals surface area (Å²) in [6.07, 6.45) is 3.65. The fourth-order valence-corrected chi connectivity index (χ4v) is 2.85. The van der Waals surface area contributed by atoms with Crippen molar-refractivity contribution in [3.63, 3.8) is 0 Å². The Morgan fingerprint density at radius 1 is 1.41 bits per heavy atom. The average Bonchev–Trinajstić information content (AvgIpc) is 2.85. The molecule has 1 unspecified atom stereocenters. The summed E-state index contributed by atoms with van der Waals surface area (Å²) in [5, 5.41) is 4.10. The number of nitrogen functional groups attached to an aromatic ring is 1. The molecule has 3 heteroatoms. The van der Waals surface area contributed by atoms with E-state index >= 15 is 0 Å². The molecule has 1 heterocycles. The van der Waals surface area contributed by atoms with Crippen molar-refractivity contribution in [1.82, 2.24) is 5.16 Å². The van der Waals surface area contributed by atoms with Crippen LogP contribution in [0.4, 0.5) is 5.69 Å². The largest absolute Gasteiger partial charge is 0.395 e. The van der Waals surface area contributed by atoms with Gasteiger partial charge in [0.25, 0.3) is 0 Å². The maximum absolute atomic E-state index is 5.94. The van der Waals surface area contributed by atoms with Crippen LogP contribution in [-0.2, 0) is 11.8 Å². The summed E-state index contributed by atoms with van der Waals surface area (Å²) in [6, 6.07) is 6.62. The zero-order valence-corrected chi connectivity index (χ0v) is 10.2.